The average Bonchev–Trinajstić information content (AvgIpc) is 2.56. The van der Waals surface area contributed by atoms with Crippen LogP contribution < -0.4 is 21.5 Å². The smallest absolute Gasteiger partial charge is 0.269 e. The molecule has 130 valence electrons. The van der Waals surface area contributed by atoms with Gasteiger partial charge in [0, 0.05) is 23.9 Å². The highest BCUT2D eigenvalue weighted by molar-refractivity contribution is 7.81. The molecular weight excluding hydrogens is 372 g/mol. The first-order chi connectivity index (χ1) is 11.8. The quantitative estimate of drug-likeness (QED) is 0.365. The predicted octanol–water partition coefficient (Wildman–Crippen LogP) is 3.06. The van der Waals surface area contributed by atoms with Gasteiger partial charge in [-0.2, -0.15) is 0 Å². The maximum absolute atomic E-state index is 13.5. The molecule has 0 aliphatic heterocycles. The summed E-state index contributed by atoms with van der Waals surface area (Å²) in [6, 6.07) is 8.62. The third-order valence-corrected chi connectivity index (χ3v) is 3.21. The second kappa shape index (κ2) is 8.26. The lowest BCUT2D eigenvalue weighted by molar-refractivity contribution is -0.384. The van der Waals surface area contributed by atoms with E-state index in [0.717, 1.165) is 12.1 Å². The van der Waals surface area contributed by atoms with Gasteiger partial charge < -0.3 is 10.6 Å². The number of hydrogen-bond donors (Lipinski definition) is 4. The molecule has 0 unspecified atom stereocenters. The molecule has 0 heterocycles. The minimum Gasteiger partial charge on any atom is -0.331 e. The summed E-state index contributed by atoms with van der Waals surface area (Å²) in [5, 5.41) is 16.0. The molecule has 11 heteroatoms. The Bertz CT molecular complexity index is 817. The van der Waals surface area contributed by atoms with Gasteiger partial charge in [-0.15, -0.1) is 0 Å². The topological polar surface area (TPSA) is 91.3 Å². The molecule has 0 spiro atoms. The summed E-state index contributed by atoms with van der Waals surface area (Å²) in [6.45, 7) is 0. The number of anilines is 2. The fourth-order valence-electron chi connectivity index (χ4n) is 1.69. The summed E-state index contributed by atoms with van der Waals surface area (Å²) in [5.41, 5.74) is 5.55. The van der Waals surface area contributed by atoms with E-state index in [0.29, 0.717) is 5.69 Å². The number of rotatable bonds is 3. The molecular formula is C14H11F2N5O2S2. The number of hydrogen-bond acceptors (Lipinski definition) is 4. The molecule has 0 fully saturated rings. The van der Waals surface area contributed by atoms with E-state index < -0.39 is 16.6 Å². The Labute approximate surface area is 151 Å². The van der Waals surface area contributed by atoms with Crippen LogP contribution in [0.25, 0.3) is 0 Å². The van der Waals surface area contributed by atoms with Crippen LogP contribution in [0.2, 0.25) is 0 Å². The molecule has 0 bridgehead atoms. The number of nitro benzene ring substituents is 1. The fourth-order valence-corrected chi connectivity index (χ4v) is 2.02. The molecule has 0 radical (unpaired) electrons. The largest absolute Gasteiger partial charge is 0.331 e. The Kier molecular flexibility index (Phi) is 6.08. The van der Waals surface area contributed by atoms with Gasteiger partial charge in [-0.3, -0.25) is 21.0 Å². The molecule has 0 amide bonds. The van der Waals surface area contributed by atoms with E-state index in [4.69, 9.17) is 24.4 Å². The summed E-state index contributed by atoms with van der Waals surface area (Å²) in [5.74, 6) is -1.50. The molecule has 2 rings (SSSR count). The molecule has 0 aromatic heterocycles. The number of non-ortho nitro benzene ring substituents is 1. The highest BCUT2D eigenvalue weighted by Gasteiger charge is 2.07. The number of nitrogens with zero attached hydrogens (tertiary/aromatic N) is 1. The van der Waals surface area contributed by atoms with Gasteiger partial charge in [-0.25, -0.2) is 8.78 Å². The van der Waals surface area contributed by atoms with Crippen LogP contribution >= 0.6 is 24.4 Å². The minimum atomic E-state index is -0.796. The van der Waals surface area contributed by atoms with Crippen molar-refractivity contribution in [1.29, 1.82) is 0 Å². The average molecular weight is 383 g/mol. The molecule has 0 aliphatic rings. The summed E-state index contributed by atoms with van der Waals surface area (Å²) in [6.07, 6.45) is 0. The van der Waals surface area contributed by atoms with Crippen molar-refractivity contribution in [3.05, 3.63) is 64.2 Å². The third-order valence-electron chi connectivity index (χ3n) is 2.80. The van der Waals surface area contributed by atoms with Gasteiger partial charge >= 0.3 is 0 Å². The first kappa shape index (κ1) is 18.4. The molecule has 2 aromatic carbocycles. The summed E-state index contributed by atoms with van der Waals surface area (Å²) >= 11 is 9.97. The molecule has 0 saturated carbocycles. The van der Waals surface area contributed by atoms with Gasteiger partial charge in [0.25, 0.3) is 5.69 Å². The highest BCUT2D eigenvalue weighted by Crippen LogP contribution is 2.15. The summed E-state index contributed by atoms with van der Waals surface area (Å²) in [4.78, 5) is 10.1. The number of nitrogens with one attached hydrogen (secondary N) is 4. The van der Waals surface area contributed by atoms with Gasteiger partial charge in [0.15, 0.2) is 10.2 Å². The number of benzene rings is 2. The summed E-state index contributed by atoms with van der Waals surface area (Å²) < 4.78 is 26.3. The van der Waals surface area contributed by atoms with Gasteiger partial charge in [-0.1, -0.05) is 0 Å². The van der Waals surface area contributed by atoms with E-state index in [2.05, 4.69) is 21.5 Å². The van der Waals surface area contributed by atoms with E-state index in [1.54, 1.807) is 0 Å². The first-order valence-corrected chi connectivity index (χ1v) is 7.50. The SMILES string of the molecule is O=[N+]([O-])c1ccc(NC(=S)NNC(=S)Nc2ccc(F)cc2F)cc1. The number of hydrazine groups is 1. The van der Waals surface area contributed by atoms with Crippen molar-refractivity contribution >= 4 is 51.7 Å². The maximum atomic E-state index is 13.5. The highest BCUT2D eigenvalue weighted by atomic mass is 32.1. The molecule has 2 aromatic rings. The Morgan fingerprint density at radius 3 is 2.12 bits per heavy atom. The van der Waals surface area contributed by atoms with Crippen molar-refractivity contribution in [2.75, 3.05) is 10.6 Å². The third kappa shape index (κ3) is 5.58. The second-order valence-corrected chi connectivity index (χ2v) is 5.40. The van der Waals surface area contributed by atoms with Crippen molar-refractivity contribution in [2.45, 2.75) is 0 Å². The van der Waals surface area contributed by atoms with E-state index in [1.807, 2.05) is 0 Å². The molecule has 0 aliphatic carbocycles. The van der Waals surface area contributed by atoms with Crippen molar-refractivity contribution in [2.24, 2.45) is 0 Å². The number of thiocarbonyl (C=S) groups is 2. The molecule has 7 nitrogen and oxygen atoms in total. The predicted molar refractivity (Wildman–Crippen MR) is 98.2 cm³/mol. The fraction of sp³-hybridized carbons (Fsp3) is 0. The number of nitro groups is 1. The monoisotopic (exact) mass is 383 g/mol. The molecule has 25 heavy (non-hydrogen) atoms. The normalized spacial score (nSPS) is 9.84. The van der Waals surface area contributed by atoms with Crippen molar-refractivity contribution in [3.8, 4) is 0 Å². The van der Waals surface area contributed by atoms with Gasteiger partial charge in [0.2, 0.25) is 0 Å². The lowest BCUT2D eigenvalue weighted by atomic mass is 10.3. The lowest BCUT2D eigenvalue weighted by Gasteiger charge is -2.14. The molecule has 0 saturated heterocycles. The van der Waals surface area contributed by atoms with Crippen molar-refractivity contribution in [3.63, 3.8) is 0 Å². The van der Waals surface area contributed by atoms with Gasteiger partial charge in [0.1, 0.15) is 11.6 Å². The Morgan fingerprint density at radius 1 is 0.960 bits per heavy atom. The molecule has 0 atom stereocenters. The van der Waals surface area contributed by atoms with E-state index in [9.17, 15) is 18.9 Å². The van der Waals surface area contributed by atoms with Crippen LogP contribution in [0, 0.1) is 21.7 Å². The van der Waals surface area contributed by atoms with Gasteiger partial charge in [-0.05, 0) is 48.7 Å². The first-order valence-electron chi connectivity index (χ1n) is 6.68. The van der Waals surface area contributed by atoms with E-state index >= 15 is 0 Å². The van der Waals surface area contributed by atoms with Crippen LogP contribution in [0.15, 0.2) is 42.5 Å². The van der Waals surface area contributed by atoms with Crippen LogP contribution in [0.4, 0.5) is 25.8 Å². The zero-order valence-electron chi connectivity index (χ0n) is 12.4. The van der Waals surface area contributed by atoms with E-state index in [-0.39, 0.29) is 21.6 Å². The lowest BCUT2D eigenvalue weighted by Crippen LogP contribution is -2.45. The van der Waals surface area contributed by atoms with Crippen LogP contribution in [-0.2, 0) is 0 Å². The van der Waals surface area contributed by atoms with Crippen molar-refractivity contribution < 1.29 is 13.7 Å². The maximum Gasteiger partial charge on any atom is 0.269 e. The van der Waals surface area contributed by atoms with Gasteiger partial charge in [0.05, 0.1) is 10.6 Å². The van der Waals surface area contributed by atoms with Crippen molar-refractivity contribution in [1.82, 2.24) is 10.9 Å². The van der Waals surface area contributed by atoms with E-state index in [1.165, 1.54) is 30.3 Å². The Balaban J connectivity index is 1.82. The molecule has 4 N–H and O–H groups in total. The van der Waals surface area contributed by atoms with Crippen LogP contribution in [0.5, 0.6) is 0 Å². The Hall–Kier alpha value is -2.92. The number of halogens is 2. The minimum absolute atomic E-state index is 0.00152. The van der Waals surface area contributed by atoms with Crippen LogP contribution in [-0.4, -0.2) is 15.1 Å². The zero-order chi connectivity index (χ0) is 18.4. The zero-order valence-corrected chi connectivity index (χ0v) is 14.0. The second-order valence-electron chi connectivity index (χ2n) is 4.59. The van der Waals surface area contributed by atoms with Crippen LogP contribution in [0.3, 0.4) is 0 Å². The van der Waals surface area contributed by atoms with Crippen LogP contribution in [0.1, 0.15) is 0 Å². The summed E-state index contributed by atoms with van der Waals surface area (Å²) in [7, 11) is 0. The Morgan fingerprint density at radius 2 is 1.56 bits per heavy atom. The standard InChI is InChI=1S/C14H11F2N5O2S2/c15-8-1-6-12(11(16)7-8)18-14(25)20-19-13(24)17-9-2-4-10(5-3-9)21(22)23/h1-7H,(H2,17,19,24)(H2,18,20,25).